The number of rotatable bonds is 4. The number of thioether (sulfide) groups is 1. The monoisotopic (exact) mass is 254 g/mol. The normalized spacial score (nSPS) is 10.7. The lowest BCUT2D eigenvalue weighted by Gasteiger charge is -1.94. The average molecular weight is 254 g/mol. The van der Waals surface area contributed by atoms with Gasteiger partial charge in [0.05, 0.1) is 11.4 Å². The van der Waals surface area contributed by atoms with E-state index in [1.54, 1.807) is 20.0 Å². The average Bonchev–Trinajstić information content (AvgIpc) is 2.82. The van der Waals surface area contributed by atoms with Crippen molar-refractivity contribution in [3.8, 4) is 11.6 Å². The van der Waals surface area contributed by atoms with Gasteiger partial charge in [-0.2, -0.15) is 4.98 Å². The molecule has 0 saturated carbocycles. The molecule has 2 heterocycles. The molecule has 2 rings (SSSR count). The number of hydrogen-bond donors (Lipinski definition) is 1. The van der Waals surface area contributed by atoms with Gasteiger partial charge in [-0.05, 0) is 6.92 Å². The van der Waals surface area contributed by atoms with E-state index in [1.807, 2.05) is 0 Å². The van der Waals surface area contributed by atoms with Gasteiger partial charge in [0.25, 0.3) is 0 Å². The van der Waals surface area contributed by atoms with Crippen LogP contribution in [0.15, 0.2) is 15.7 Å². The van der Waals surface area contributed by atoms with Crippen LogP contribution >= 0.6 is 11.8 Å². The van der Waals surface area contributed by atoms with Crippen LogP contribution in [-0.2, 0) is 11.8 Å². The zero-order valence-corrected chi connectivity index (χ0v) is 10.1. The first-order valence-electron chi connectivity index (χ1n) is 4.75. The maximum Gasteiger partial charge on any atom is 0.313 e. The molecule has 0 saturated heterocycles. The fraction of sp³-hybridized carbons (Fsp3) is 0.333. The van der Waals surface area contributed by atoms with Crippen molar-refractivity contribution in [1.29, 1.82) is 0 Å². The molecule has 0 unspecified atom stereocenters. The van der Waals surface area contributed by atoms with Crippen molar-refractivity contribution in [3.05, 3.63) is 11.8 Å². The molecule has 2 aromatic heterocycles. The number of aromatic nitrogens is 4. The molecule has 0 amide bonds. The second-order valence-electron chi connectivity index (χ2n) is 3.36. The van der Waals surface area contributed by atoms with Crippen molar-refractivity contribution in [2.75, 3.05) is 5.75 Å². The predicted molar refractivity (Wildman–Crippen MR) is 59.6 cm³/mol. The minimum absolute atomic E-state index is 0.0542. The van der Waals surface area contributed by atoms with Gasteiger partial charge in [0, 0.05) is 13.1 Å². The number of carboxylic acids is 1. The van der Waals surface area contributed by atoms with Crippen LogP contribution in [-0.4, -0.2) is 36.7 Å². The Hall–Kier alpha value is -1.83. The first-order chi connectivity index (χ1) is 8.06. The van der Waals surface area contributed by atoms with E-state index >= 15 is 0 Å². The number of carboxylic acid groups (broad SMARTS) is 1. The summed E-state index contributed by atoms with van der Waals surface area (Å²) in [7, 11) is 1.70. The topological polar surface area (TPSA) is 94.0 Å². The van der Waals surface area contributed by atoms with Crippen molar-refractivity contribution in [1.82, 2.24) is 19.9 Å². The summed E-state index contributed by atoms with van der Waals surface area (Å²) in [6.07, 6.45) is 0. The minimum atomic E-state index is -0.893. The Kier molecular flexibility index (Phi) is 3.14. The summed E-state index contributed by atoms with van der Waals surface area (Å²) in [6, 6.07) is 1.72. The quantitative estimate of drug-likeness (QED) is 0.812. The van der Waals surface area contributed by atoms with Gasteiger partial charge in [-0.1, -0.05) is 16.9 Å². The Morgan fingerprint density at radius 3 is 3.00 bits per heavy atom. The van der Waals surface area contributed by atoms with Gasteiger partial charge >= 0.3 is 5.97 Å². The number of aliphatic carboxylic acids is 1. The van der Waals surface area contributed by atoms with Gasteiger partial charge < -0.3 is 9.63 Å². The van der Waals surface area contributed by atoms with Crippen LogP contribution in [0.2, 0.25) is 0 Å². The molecule has 17 heavy (non-hydrogen) atoms. The molecule has 7 nitrogen and oxygen atoms in total. The molecule has 0 spiro atoms. The fourth-order valence-electron chi connectivity index (χ4n) is 1.20. The second-order valence-corrected chi connectivity index (χ2v) is 4.30. The summed E-state index contributed by atoms with van der Waals surface area (Å²) in [4.78, 5) is 14.6. The molecular weight excluding hydrogens is 244 g/mol. The van der Waals surface area contributed by atoms with E-state index in [0.717, 1.165) is 17.5 Å². The van der Waals surface area contributed by atoms with Gasteiger partial charge in [-0.25, -0.2) is 4.68 Å². The van der Waals surface area contributed by atoms with Crippen LogP contribution in [0.5, 0.6) is 0 Å². The van der Waals surface area contributed by atoms with E-state index in [0.29, 0.717) is 16.7 Å². The summed E-state index contributed by atoms with van der Waals surface area (Å²) in [6.45, 7) is 1.80. The smallest absolute Gasteiger partial charge is 0.313 e. The Labute approximate surface area is 101 Å². The maximum atomic E-state index is 10.5. The van der Waals surface area contributed by atoms with Gasteiger partial charge in [-0.3, -0.25) is 4.79 Å². The molecule has 0 atom stereocenters. The molecular formula is C9H10N4O3S. The highest BCUT2D eigenvalue weighted by molar-refractivity contribution is 7.99. The van der Waals surface area contributed by atoms with Crippen molar-refractivity contribution in [3.63, 3.8) is 0 Å². The first kappa shape index (κ1) is 11.6. The Bertz CT molecular complexity index is 548. The van der Waals surface area contributed by atoms with Crippen LogP contribution in [0.25, 0.3) is 11.6 Å². The fourth-order valence-corrected chi connectivity index (χ4v) is 1.83. The molecule has 90 valence electrons. The van der Waals surface area contributed by atoms with E-state index in [-0.39, 0.29) is 5.75 Å². The van der Waals surface area contributed by atoms with E-state index in [1.165, 1.54) is 4.68 Å². The number of hydrogen-bond acceptors (Lipinski definition) is 6. The molecule has 8 heteroatoms. The highest BCUT2D eigenvalue weighted by Crippen LogP contribution is 2.21. The van der Waals surface area contributed by atoms with Gasteiger partial charge in [0.2, 0.25) is 11.6 Å². The van der Waals surface area contributed by atoms with Crippen molar-refractivity contribution < 1.29 is 14.4 Å². The van der Waals surface area contributed by atoms with Crippen LogP contribution in [0.3, 0.4) is 0 Å². The zero-order valence-electron chi connectivity index (χ0n) is 9.25. The lowest BCUT2D eigenvalue weighted by molar-refractivity contribution is -0.133. The molecule has 0 aromatic carbocycles. The largest absolute Gasteiger partial charge is 0.481 e. The molecule has 0 bridgehead atoms. The third-order valence-electron chi connectivity index (χ3n) is 1.90. The minimum Gasteiger partial charge on any atom is -0.481 e. The van der Waals surface area contributed by atoms with Crippen LogP contribution in [0.4, 0.5) is 0 Å². The number of nitrogens with zero attached hydrogens (tertiary/aromatic N) is 4. The third kappa shape index (κ3) is 2.64. The number of aryl methyl sites for hydroxylation is 2. The zero-order chi connectivity index (χ0) is 12.4. The molecule has 1 N–H and O–H groups in total. The van der Waals surface area contributed by atoms with Gasteiger partial charge in [0.15, 0.2) is 5.16 Å². The third-order valence-corrected chi connectivity index (χ3v) is 2.90. The second kappa shape index (κ2) is 4.58. The van der Waals surface area contributed by atoms with E-state index in [2.05, 4.69) is 15.2 Å². The lowest BCUT2D eigenvalue weighted by Crippen LogP contribution is -2.00. The van der Waals surface area contributed by atoms with E-state index < -0.39 is 5.97 Å². The molecule has 2 aromatic rings. The molecule has 0 aliphatic carbocycles. The van der Waals surface area contributed by atoms with Crippen molar-refractivity contribution in [2.24, 2.45) is 7.05 Å². The molecule has 0 radical (unpaired) electrons. The predicted octanol–water partition coefficient (Wildman–Crippen LogP) is 0.955. The van der Waals surface area contributed by atoms with Crippen LogP contribution in [0, 0.1) is 6.92 Å². The van der Waals surface area contributed by atoms with Crippen LogP contribution < -0.4 is 0 Å². The summed E-state index contributed by atoms with van der Waals surface area (Å²) in [5, 5.41) is 17.0. The summed E-state index contributed by atoms with van der Waals surface area (Å²) in [5.74, 6) is -0.0715. The highest BCUT2D eigenvalue weighted by Gasteiger charge is 2.14. The highest BCUT2D eigenvalue weighted by atomic mass is 32.2. The molecule has 0 fully saturated rings. The summed E-state index contributed by atoms with van der Waals surface area (Å²) in [5.41, 5.74) is 0.743. The van der Waals surface area contributed by atoms with Crippen molar-refractivity contribution >= 4 is 17.7 Å². The van der Waals surface area contributed by atoms with E-state index in [4.69, 9.17) is 9.63 Å². The Morgan fingerprint density at radius 1 is 1.65 bits per heavy atom. The number of carbonyl (C=O) groups is 1. The van der Waals surface area contributed by atoms with Crippen molar-refractivity contribution in [2.45, 2.75) is 12.1 Å². The van der Waals surface area contributed by atoms with Gasteiger partial charge in [-0.15, -0.1) is 5.10 Å². The van der Waals surface area contributed by atoms with E-state index in [9.17, 15) is 4.79 Å². The summed E-state index contributed by atoms with van der Waals surface area (Å²) >= 11 is 1.11. The summed E-state index contributed by atoms with van der Waals surface area (Å²) < 4.78 is 6.55. The first-order valence-corrected chi connectivity index (χ1v) is 5.74. The molecule has 0 aliphatic heterocycles. The maximum absolute atomic E-state index is 10.5. The Morgan fingerprint density at radius 2 is 2.41 bits per heavy atom. The lowest BCUT2D eigenvalue weighted by atomic mass is 10.4. The van der Waals surface area contributed by atoms with Crippen LogP contribution in [0.1, 0.15) is 5.69 Å². The molecule has 0 aliphatic rings. The standard InChI is InChI=1S/C9H10N4O3S/c1-5-3-6(16-12-5)8-10-9(13(2)11-8)17-4-7(14)15/h3H,4H2,1-2H3,(H,14,15). The Balaban J connectivity index is 2.21. The van der Waals surface area contributed by atoms with Gasteiger partial charge in [0.1, 0.15) is 0 Å². The SMILES string of the molecule is Cc1cc(-c2nc(SCC(=O)O)n(C)n2)on1.